The summed E-state index contributed by atoms with van der Waals surface area (Å²) in [5, 5.41) is 1.64. The largest absolute Gasteiger partial charge is 0.469 e. The molecule has 13 heteroatoms. The zero-order chi connectivity index (χ0) is 29.1. The number of aromatic nitrogens is 1. The molecule has 4 heterocycles. The SMILES string of the molecule is Cc1ccc(N2C(=O)[C@H]3[C@H](c4ccco4)c4sc(=O)n(CC(=O)Nc5ccccc5C(F)(F)F)c4S[C@H]3C2=O)cc1. The van der Waals surface area contributed by atoms with Crippen LogP contribution in [-0.2, 0) is 27.1 Å². The number of thioether (sulfide) groups is 1. The van der Waals surface area contributed by atoms with Crippen molar-refractivity contribution in [1.82, 2.24) is 4.57 Å². The van der Waals surface area contributed by atoms with Crippen molar-refractivity contribution < 1.29 is 32.0 Å². The van der Waals surface area contributed by atoms with Gasteiger partial charge in [0.05, 0.1) is 44.9 Å². The van der Waals surface area contributed by atoms with Crippen molar-refractivity contribution >= 4 is 52.2 Å². The van der Waals surface area contributed by atoms with E-state index in [4.69, 9.17) is 4.42 Å². The Hall–Kier alpha value is -4.10. The third-order valence-electron chi connectivity index (χ3n) is 7.00. The van der Waals surface area contributed by atoms with E-state index in [1.165, 1.54) is 18.4 Å². The molecule has 2 aliphatic heterocycles. The number of para-hydroxylation sites is 1. The summed E-state index contributed by atoms with van der Waals surface area (Å²) in [7, 11) is 0. The molecule has 0 spiro atoms. The Morgan fingerprint density at radius 2 is 1.73 bits per heavy atom. The molecule has 1 saturated heterocycles. The maximum Gasteiger partial charge on any atom is 0.418 e. The zero-order valence-corrected chi connectivity index (χ0v) is 22.8. The Balaban J connectivity index is 1.37. The number of imide groups is 1. The number of furan rings is 1. The minimum absolute atomic E-state index is 0.300. The van der Waals surface area contributed by atoms with Crippen molar-refractivity contribution in [3.05, 3.63) is 98.4 Å². The number of fused-ring (bicyclic) bond motifs is 2. The molecule has 2 aliphatic rings. The van der Waals surface area contributed by atoms with Crippen molar-refractivity contribution in [3.63, 3.8) is 0 Å². The number of benzene rings is 2. The molecular weight excluding hydrogens is 579 g/mol. The van der Waals surface area contributed by atoms with Gasteiger partial charge in [0.2, 0.25) is 17.7 Å². The Labute approximate surface area is 238 Å². The number of carbonyl (C=O) groups is 3. The highest BCUT2D eigenvalue weighted by molar-refractivity contribution is 8.00. The van der Waals surface area contributed by atoms with Gasteiger partial charge in [0.25, 0.3) is 0 Å². The third-order valence-corrected chi connectivity index (χ3v) is 9.60. The van der Waals surface area contributed by atoms with Crippen LogP contribution in [0.25, 0.3) is 0 Å². The summed E-state index contributed by atoms with van der Waals surface area (Å²) in [6.45, 7) is 1.30. The van der Waals surface area contributed by atoms with Crippen molar-refractivity contribution in [1.29, 1.82) is 0 Å². The number of thiazole rings is 1. The number of anilines is 2. The Morgan fingerprint density at radius 3 is 2.41 bits per heavy atom. The van der Waals surface area contributed by atoms with Crippen LogP contribution >= 0.6 is 23.1 Å². The Morgan fingerprint density at radius 1 is 1.00 bits per heavy atom. The molecule has 0 radical (unpaired) electrons. The number of carbonyl (C=O) groups excluding carboxylic acids is 3. The molecule has 2 aromatic heterocycles. The number of hydrogen-bond donors (Lipinski definition) is 1. The Kier molecular flexibility index (Phi) is 6.65. The first-order valence-electron chi connectivity index (χ1n) is 12.4. The van der Waals surface area contributed by atoms with Crippen LogP contribution in [0.4, 0.5) is 24.5 Å². The lowest BCUT2D eigenvalue weighted by molar-refractivity contribution is -0.137. The summed E-state index contributed by atoms with van der Waals surface area (Å²) in [4.78, 5) is 54.5. The molecule has 0 aliphatic carbocycles. The van der Waals surface area contributed by atoms with Crippen LogP contribution in [0.5, 0.6) is 0 Å². The van der Waals surface area contributed by atoms with Crippen molar-refractivity contribution in [2.24, 2.45) is 5.92 Å². The first kappa shape index (κ1) is 27.1. The highest BCUT2D eigenvalue weighted by Gasteiger charge is 2.57. The number of aryl methyl sites for hydroxylation is 1. The molecule has 4 aromatic rings. The number of rotatable bonds is 5. The van der Waals surface area contributed by atoms with E-state index in [2.05, 4.69) is 5.32 Å². The van der Waals surface area contributed by atoms with Gasteiger partial charge in [-0.25, -0.2) is 4.90 Å². The summed E-state index contributed by atoms with van der Waals surface area (Å²) in [6, 6.07) is 14.8. The molecule has 6 rings (SSSR count). The van der Waals surface area contributed by atoms with E-state index in [1.54, 1.807) is 36.4 Å². The summed E-state index contributed by atoms with van der Waals surface area (Å²) >= 11 is 1.82. The van der Waals surface area contributed by atoms with Gasteiger partial charge in [-0.2, -0.15) is 13.2 Å². The number of halogens is 3. The van der Waals surface area contributed by atoms with Crippen LogP contribution in [0.15, 0.2) is 81.2 Å². The fourth-order valence-corrected chi connectivity index (χ4v) is 7.90. The van der Waals surface area contributed by atoms with Crippen LogP contribution in [0.3, 0.4) is 0 Å². The molecule has 3 amide bonds. The predicted molar refractivity (Wildman–Crippen MR) is 146 cm³/mol. The normalized spacial score (nSPS) is 20.2. The molecule has 1 N–H and O–H groups in total. The molecule has 0 bridgehead atoms. The minimum Gasteiger partial charge on any atom is -0.469 e. The number of nitrogens with zero attached hydrogens (tertiary/aromatic N) is 2. The number of nitrogens with one attached hydrogen (secondary N) is 1. The van der Waals surface area contributed by atoms with Gasteiger partial charge in [0, 0.05) is 0 Å². The second-order valence-electron chi connectivity index (χ2n) is 9.62. The van der Waals surface area contributed by atoms with E-state index in [1.807, 2.05) is 6.92 Å². The second kappa shape index (κ2) is 10.1. The monoisotopic (exact) mass is 599 g/mol. The Bertz CT molecular complexity index is 1730. The topological polar surface area (TPSA) is 102 Å². The van der Waals surface area contributed by atoms with Crippen molar-refractivity contribution in [2.75, 3.05) is 10.2 Å². The lowest BCUT2D eigenvalue weighted by Crippen LogP contribution is -2.32. The molecule has 3 atom stereocenters. The van der Waals surface area contributed by atoms with Gasteiger partial charge < -0.3 is 9.73 Å². The van der Waals surface area contributed by atoms with Crippen LogP contribution in [0, 0.1) is 12.8 Å². The summed E-state index contributed by atoms with van der Waals surface area (Å²) in [6.07, 6.45) is -3.27. The zero-order valence-electron chi connectivity index (χ0n) is 21.2. The minimum atomic E-state index is -4.69. The molecule has 210 valence electrons. The van der Waals surface area contributed by atoms with Gasteiger partial charge in [-0.1, -0.05) is 52.9 Å². The lowest BCUT2D eigenvalue weighted by atomic mass is 9.87. The van der Waals surface area contributed by atoms with Gasteiger partial charge in [0.1, 0.15) is 17.6 Å². The van der Waals surface area contributed by atoms with E-state index < -0.39 is 63.7 Å². The number of hydrogen-bond acceptors (Lipinski definition) is 7. The molecule has 41 heavy (non-hydrogen) atoms. The summed E-state index contributed by atoms with van der Waals surface area (Å²) < 4.78 is 47.1. The fraction of sp³-hybridized carbons (Fsp3) is 0.214. The van der Waals surface area contributed by atoms with Crippen molar-refractivity contribution in [2.45, 2.75) is 35.8 Å². The summed E-state index contributed by atoms with van der Waals surface area (Å²) in [5.74, 6) is -3.01. The van der Waals surface area contributed by atoms with Gasteiger partial charge >= 0.3 is 11.0 Å². The lowest BCUT2D eigenvalue weighted by Gasteiger charge is -2.29. The number of amides is 3. The van der Waals surface area contributed by atoms with Gasteiger partial charge in [0.15, 0.2) is 0 Å². The molecule has 2 aromatic carbocycles. The average molecular weight is 600 g/mol. The van der Waals surface area contributed by atoms with Gasteiger partial charge in [-0.15, -0.1) is 0 Å². The van der Waals surface area contributed by atoms with Crippen LogP contribution < -0.4 is 15.1 Å². The molecule has 8 nitrogen and oxygen atoms in total. The number of alkyl halides is 3. The molecule has 0 unspecified atom stereocenters. The molecule has 1 fully saturated rings. The van der Waals surface area contributed by atoms with Crippen LogP contribution in [-0.4, -0.2) is 27.5 Å². The average Bonchev–Trinajstić information content (AvgIpc) is 3.62. The van der Waals surface area contributed by atoms with Crippen LogP contribution in [0.1, 0.15) is 27.7 Å². The highest BCUT2D eigenvalue weighted by atomic mass is 32.2. The van der Waals surface area contributed by atoms with E-state index in [9.17, 15) is 32.3 Å². The predicted octanol–water partition coefficient (Wildman–Crippen LogP) is 5.26. The van der Waals surface area contributed by atoms with Gasteiger partial charge in [-0.3, -0.25) is 23.7 Å². The maximum atomic E-state index is 13.8. The first-order chi connectivity index (χ1) is 19.5. The smallest absolute Gasteiger partial charge is 0.418 e. The van der Waals surface area contributed by atoms with Crippen molar-refractivity contribution in [3.8, 4) is 0 Å². The standard InChI is InChI=1S/C28H20F3N3O5S2/c1-14-8-10-15(11-9-14)34-24(36)21-20(18-7-4-12-39-18)23-26(40-22(21)25(34)37)33(27(38)41-23)13-19(35)32-17-6-3-2-5-16(17)28(29,30)31/h2-12,20-22H,13H2,1H3,(H,32,35)/t20-,21-,22+/m0/s1. The van der Waals surface area contributed by atoms with E-state index >= 15 is 0 Å². The first-order valence-corrected chi connectivity index (χ1v) is 14.1. The quantitative estimate of drug-likeness (QED) is 0.314. The van der Waals surface area contributed by atoms with Gasteiger partial charge in [-0.05, 0) is 43.3 Å². The van der Waals surface area contributed by atoms with E-state index in [-0.39, 0.29) is 0 Å². The fourth-order valence-electron chi connectivity index (χ4n) is 5.15. The maximum absolute atomic E-state index is 13.8. The second-order valence-corrected chi connectivity index (χ2v) is 11.7. The molecule has 0 saturated carbocycles. The summed E-state index contributed by atoms with van der Waals surface area (Å²) in [5.41, 5.74) is -0.0827. The van der Waals surface area contributed by atoms with E-state index in [0.29, 0.717) is 21.4 Å². The molecular formula is C28H20F3N3O5S2. The third kappa shape index (κ3) is 4.68. The highest BCUT2D eigenvalue weighted by Crippen LogP contribution is 2.54. The van der Waals surface area contributed by atoms with E-state index in [0.717, 1.165) is 50.3 Å². The van der Waals surface area contributed by atoms with Crippen LogP contribution in [0.2, 0.25) is 0 Å².